The Bertz CT molecular complexity index is 666. The lowest BCUT2D eigenvalue weighted by Crippen LogP contribution is -2.18. The third-order valence-corrected chi connectivity index (χ3v) is 3.29. The van der Waals surface area contributed by atoms with Crippen LogP contribution in [0.4, 0.5) is 0 Å². The van der Waals surface area contributed by atoms with E-state index in [0.29, 0.717) is 5.56 Å². The molecule has 2 aromatic rings. The fraction of sp³-hybridized carbons (Fsp3) is 0.222. The van der Waals surface area contributed by atoms with E-state index in [4.69, 9.17) is 0 Å². The van der Waals surface area contributed by atoms with Gasteiger partial charge in [-0.1, -0.05) is 32.9 Å². The summed E-state index contributed by atoms with van der Waals surface area (Å²) in [6.45, 7) is 6.39. The SMILES string of the molecule is CC(C)(C)c1ccc(C(=O)N/N=C\c2ccc(O)cc2)cc1. The largest absolute Gasteiger partial charge is 0.508 e. The van der Waals surface area contributed by atoms with Crippen LogP contribution >= 0.6 is 0 Å². The standard InChI is InChI=1S/C18H20N2O2/c1-18(2,3)15-8-6-14(7-9-15)17(22)20-19-12-13-4-10-16(21)11-5-13/h4-12,21H,1-3H3,(H,20,22)/b19-12-. The molecule has 4 heteroatoms. The Hall–Kier alpha value is -2.62. The maximum absolute atomic E-state index is 12.0. The molecule has 0 radical (unpaired) electrons. The van der Waals surface area contributed by atoms with Crippen molar-refractivity contribution < 1.29 is 9.90 Å². The second-order valence-electron chi connectivity index (χ2n) is 6.12. The third-order valence-electron chi connectivity index (χ3n) is 3.29. The number of hydrogen-bond acceptors (Lipinski definition) is 3. The summed E-state index contributed by atoms with van der Waals surface area (Å²) in [6.07, 6.45) is 1.53. The average molecular weight is 296 g/mol. The molecule has 0 aliphatic heterocycles. The molecule has 0 saturated carbocycles. The van der Waals surface area contributed by atoms with Crippen molar-refractivity contribution in [3.8, 4) is 5.75 Å². The van der Waals surface area contributed by atoms with Crippen molar-refractivity contribution in [2.24, 2.45) is 5.10 Å². The molecule has 0 atom stereocenters. The first-order valence-electron chi connectivity index (χ1n) is 7.09. The summed E-state index contributed by atoms with van der Waals surface area (Å²) >= 11 is 0. The van der Waals surface area contributed by atoms with Crippen molar-refractivity contribution in [3.63, 3.8) is 0 Å². The fourth-order valence-electron chi connectivity index (χ4n) is 1.91. The van der Waals surface area contributed by atoms with Gasteiger partial charge in [0.15, 0.2) is 0 Å². The predicted octanol–water partition coefficient (Wildman–Crippen LogP) is 3.45. The van der Waals surface area contributed by atoms with Crippen molar-refractivity contribution in [1.29, 1.82) is 0 Å². The lowest BCUT2D eigenvalue weighted by Gasteiger charge is -2.18. The van der Waals surface area contributed by atoms with Gasteiger partial charge in [0.05, 0.1) is 6.21 Å². The highest BCUT2D eigenvalue weighted by Crippen LogP contribution is 2.22. The molecule has 0 heterocycles. The zero-order valence-corrected chi connectivity index (χ0v) is 13.0. The first-order valence-corrected chi connectivity index (χ1v) is 7.09. The molecule has 0 aliphatic rings. The van der Waals surface area contributed by atoms with Crippen LogP contribution < -0.4 is 5.43 Å². The molecule has 114 valence electrons. The number of nitrogens with one attached hydrogen (secondary N) is 1. The molecule has 0 bridgehead atoms. The van der Waals surface area contributed by atoms with Crippen LogP contribution in [-0.4, -0.2) is 17.2 Å². The molecule has 0 fully saturated rings. The van der Waals surface area contributed by atoms with Crippen molar-refractivity contribution in [3.05, 3.63) is 65.2 Å². The van der Waals surface area contributed by atoms with Crippen LogP contribution in [0.3, 0.4) is 0 Å². The minimum Gasteiger partial charge on any atom is -0.508 e. The Labute approximate surface area is 130 Å². The summed E-state index contributed by atoms with van der Waals surface area (Å²) in [4.78, 5) is 12.0. The number of aromatic hydroxyl groups is 1. The van der Waals surface area contributed by atoms with Gasteiger partial charge < -0.3 is 5.11 Å². The molecular weight excluding hydrogens is 276 g/mol. The van der Waals surface area contributed by atoms with Crippen LogP contribution in [0.15, 0.2) is 53.6 Å². The van der Waals surface area contributed by atoms with Gasteiger partial charge in [0.2, 0.25) is 0 Å². The average Bonchev–Trinajstić information content (AvgIpc) is 2.48. The lowest BCUT2D eigenvalue weighted by molar-refractivity contribution is 0.0955. The van der Waals surface area contributed by atoms with Crippen molar-refractivity contribution >= 4 is 12.1 Å². The van der Waals surface area contributed by atoms with Gasteiger partial charge in [-0.05, 0) is 52.9 Å². The first kappa shape index (κ1) is 15.8. The highest BCUT2D eigenvalue weighted by atomic mass is 16.3. The smallest absolute Gasteiger partial charge is 0.271 e. The van der Waals surface area contributed by atoms with E-state index in [2.05, 4.69) is 31.3 Å². The molecule has 2 rings (SSSR count). The second-order valence-corrected chi connectivity index (χ2v) is 6.12. The molecule has 4 nitrogen and oxygen atoms in total. The lowest BCUT2D eigenvalue weighted by atomic mass is 9.87. The topological polar surface area (TPSA) is 61.7 Å². The van der Waals surface area contributed by atoms with E-state index in [1.54, 1.807) is 36.4 Å². The maximum Gasteiger partial charge on any atom is 0.271 e. The van der Waals surface area contributed by atoms with Crippen LogP contribution in [0.25, 0.3) is 0 Å². The van der Waals surface area contributed by atoms with E-state index in [1.807, 2.05) is 12.1 Å². The molecule has 0 aromatic heterocycles. The number of nitrogens with zero attached hydrogens (tertiary/aromatic N) is 1. The molecule has 1 amide bonds. The maximum atomic E-state index is 12.0. The summed E-state index contributed by atoms with van der Waals surface area (Å²) in [6, 6.07) is 14.1. The van der Waals surface area contributed by atoms with Crippen molar-refractivity contribution in [2.75, 3.05) is 0 Å². The van der Waals surface area contributed by atoms with Gasteiger partial charge in [-0.25, -0.2) is 5.43 Å². The Balaban J connectivity index is 1.99. The molecule has 0 spiro atoms. The number of hydrogen-bond donors (Lipinski definition) is 2. The number of phenolic OH excluding ortho intramolecular Hbond substituents is 1. The van der Waals surface area contributed by atoms with Gasteiger partial charge >= 0.3 is 0 Å². The summed E-state index contributed by atoms with van der Waals surface area (Å²) in [5, 5.41) is 13.1. The van der Waals surface area contributed by atoms with Gasteiger partial charge in [-0.3, -0.25) is 4.79 Å². The normalized spacial score (nSPS) is 11.6. The van der Waals surface area contributed by atoms with Crippen LogP contribution in [0, 0.1) is 0 Å². The second kappa shape index (κ2) is 6.43. The van der Waals surface area contributed by atoms with E-state index in [-0.39, 0.29) is 17.1 Å². The number of hydrazone groups is 1. The number of carbonyl (C=O) groups is 1. The van der Waals surface area contributed by atoms with Gasteiger partial charge in [0.1, 0.15) is 5.75 Å². The number of carbonyl (C=O) groups excluding carboxylic acids is 1. The molecule has 0 aliphatic carbocycles. The minimum absolute atomic E-state index is 0.0615. The first-order chi connectivity index (χ1) is 10.4. The summed E-state index contributed by atoms with van der Waals surface area (Å²) in [7, 11) is 0. The van der Waals surface area contributed by atoms with Gasteiger partial charge in [-0.15, -0.1) is 0 Å². The minimum atomic E-state index is -0.254. The van der Waals surface area contributed by atoms with Gasteiger partial charge in [-0.2, -0.15) is 5.10 Å². The Morgan fingerprint density at radius 1 is 1.05 bits per heavy atom. The third kappa shape index (κ3) is 4.19. The number of phenols is 1. The van der Waals surface area contributed by atoms with E-state index in [9.17, 15) is 9.90 Å². The number of benzene rings is 2. The van der Waals surface area contributed by atoms with Crippen LogP contribution in [0.2, 0.25) is 0 Å². The zero-order valence-electron chi connectivity index (χ0n) is 13.0. The molecular formula is C18H20N2O2. The Kier molecular flexibility index (Phi) is 4.61. The monoisotopic (exact) mass is 296 g/mol. The van der Waals surface area contributed by atoms with Gasteiger partial charge in [0, 0.05) is 5.56 Å². The van der Waals surface area contributed by atoms with E-state index in [1.165, 1.54) is 11.8 Å². The van der Waals surface area contributed by atoms with Crippen LogP contribution in [0.5, 0.6) is 5.75 Å². The summed E-state index contributed by atoms with van der Waals surface area (Å²) in [5.74, 6) is -0.0596. The predicted molar refractivity (Wildman–Crippen MR) is 88.3 cm³/mol. The Morgan fingerprint density at radius 3 is 2.18 bits per heavy atom. The Morgan fingerprint density at radius 2 is 1.64 bits per heavy atom. The summed E-state index contributed by atoms with van der Waals surface area (Å²) < 4.78 is 0. The van der Waals surface area contributed by atoms with E-state index >= 15 is 0 Å². The molecule has 0 saturated heterocycles. The van der Waals surface area contributed by atoms with Crippen molar-refractivity contribution in [1.82, 2.24) is 5.43 Å². The highest BCUT2D eigenvalue weighted by Gasteiger charge is 2.14. The zero-order chi connectivity index (χ0) is 16.2. The highest BCUT2D eigenvalue weighted by molar-refractivity contribution is 5.94. The molecule has 2 N–H and O–H groups in total. The summed E-state index contributed by atoms with van der Waals surface area (Å²) in [5.41, 5.74) is 5.09. The quantitative estimate of drug-likeness (QED) is 0.673. The molecule has 22 heavy (non-hydrogen) atoms. The fourth-order valence-corrected chi connectivity index (χ4v) is 1.91. The van der Waals surface area contributed by atoms with Gasteiger partial charge in [0.25, 0.3) is 5.91 Å². The van der Waals surface area contributed by atoms with Crippen LogP contribution in [0.1, 0.15) is 42.3 Å². The van der Waals surface area contributed by atoms with E-state index < -0.39 is 0 Å². The van der Waals surface area contributed by atoms with Crippen molar-refractivity contribution in [2.45, 2.75) is 26.2 Å². The van der Waals surface area contributed by atoms with Crippen LogP contribution in [-0.2, 0) is 5.41 Å². The number of amides is 1. The van der Waals surface area contributed by atoms with E-state index in [0.717, 1.165) is 5.56 Å². The molecule has 2 aromatic carbocycles. The molecule has 0 unspecified atom stereocenters. The number of rotatable bonds is 3.